The predicted octanol–water partition coefficient (Wildman–Crippen LogP) is 5.37. The lowest BCUT2D eigenvalue weighted by Gasteiger charge is -2.10. The van der Waals surface area contributed by atoms with E-state index in [1.807, 2.05) is 12.1 Å². The maximum Gasteiger partial charge on any atom is 0.122 e. The third-order valence-electron chi connectivity index (χ3n) is 2.82. The van der Waals surface area contributed by atoms with Gasteiger partial charge in [0.2, 0.25) is 0 Å². The first kappa shape index (κ1) is 14.2. The number of phenolic OH excluding ortho intramolecular Hbond substituents is 1. The summed E-state index contributed by atoms with van der Waals surface area (Å²) in [5, 5.41) is 12.3. The molecule has 0 aliphatic carbocycles. The summed E-state index contributed by atoms with van der Waals surface area (Å²) in [6.45, 7) is 7.47. The molecular weight excluding hydrogens is 292 g/mol. The van der Waals surface area contributed by atoms with Gasteiger partial charge in [-0.15, -0.1) is 13.2 Å². The lowest BCUT2D eigenvalue weighted by molar-refractivity contribution is 0.464. The predicted molar refractivity (Wildman–Crippen MR) is 87.9 cm³/mol. The molecule has 1 nitrogen and oxygen atoms in total. The number of benzene rings is 1. The molecule has 1 heterocycles. The minimum absolute atomic E-state index is 0.341. The van der Waals surface area contributed by atoms with Gasteiger partial charge in [0.1, 0.15) is 9.57 Å². The highest BCUT2D eigenvalue weighted by atomic mass is 32.9. The number of aromatic hydroxyl groups is 1. The molecule has 0 spiro atoms. The van der Waals surface area contributed by atoms with Crippen molar-refractivity contribution in [2.24, 2.45) is 0 Å². The molecule has 0 amide bonds. The third-order valence-corrected chi connectivity index (χ3v) is 5.48. The topological polar surface area (TPSA) is 20.2 Å². The first-order valence-corrected chi connectivity index (χ1v) is 8.44. The van der Waals surface area contributed by atoms with Gasteiger partial charge in [-0.25, -0.2) is 0 Å². The lowest BCUT2D eigenvalue weighted by atomic mass is 9.97. The minimum atomic E-state index is 0.341. The van der Waals surface area contributed by atoms with Crippen LogP contribution in [0, 0.1) is 3.82 Å². The van der Waals surface area contributed by atoms with Crippen molar-refractivity contribution in [1.29, 1.82) is 0 Å². The highest BCUT2D eigenvalue weighted by molar-refractivity contribution is 7.79. The molecule has 0 bridgehead atoms. The Bertz CT molecular complexity index is 633. The van der Waals surface area contributed by atoms with Crippen molar-refractivity contribution in [3.63, 3.8) is 0 Å². The molecule has 2 aromatic rings. The molecule has 0 fully saturated rings. The van der Waals surface area contributed by atoms with Crippen LogP contribution in [-0.2, 0) is 12.8 Å². The summed E-state index contributed by atoms with van der Waals surface area (Å²) in [4.78, 5) is 0. The first-order chi connectivity index (χ1) is 9.17. The molecule has 19 heavy (non-hydrogen) atoms. The van der Waals surface area contributed by atoms with Gasteiger partial charge in [-0.1, -0.05) is 45.1 Å². The van der Waals surface area contributed by atoms with Gasteiger partial charge < -0.3 is 5.11 Å². The number of hydrogen-bond acceptors (Lipinski definition) is 4. The Morgan fingerprint density at radius 1 is 1.16 bits per heavy atom. The van der Waals surface area contributed by atoms with Crippen LogP contribution in [-0.4, -0.2) is 5.11 Å². The summed E-state index contributed by atoms with van der Waals surface area (Å²) in [6, 6.07) is 3.99. The summed E-state index contributed by atoms with van der Waals surface area (Å²) >= 11 is 5.34. The van der Waals surface area contributed by atoms with E-state index in [2.05, 4.69) is 18.5 Å². The fraction of sp³-hybridized carbons (Fsp3) is 0.133. The lowest BCUT2D eigenvalue weighted by Crippen LogP contribution is -1.91. The second kappa shape index (κ2) is 6.28. The fourth-order valence-corrected chi connectivity index (χ4v) is 4.33. The van der Waals surface area contributed by atoms with Crippen LogP contribution in [0.15, 0.2) is 42.8 Å². The molecule has 1 N–H and O–H groups in total. The van der Waals surface area contributed by atoms with Crippen molar-refractivity contribution in [3.8, 4) is 16.9 Å². The molecule has 2 rings (SSSR count). The number of hydrogen-bond donors (Lipinski definition) is 1. The van der Waals surface area contributed by atoms with Crippen molar-refractivity contribution >= 4 is 32.9 Å². The smallest absolute Gasteiger partial charge is 0.122 e. The average molecular weight is 306 g/mol. The zero-order valence-electron chi connectivity index (χ0n) is 10.4. The van der Waals surface area contributed by atoms with E-state index in [9.17, 15) is 5.11 Å². The second-order valence-electron chi connectivity index (χ2n) is 4.13. The maximum atomic E-state index is 10.2. The Labute approximate surface area is 125 Å². The van der Waals surface area contributed by atoms with E-state index >= 15 is 0 Å². The molecule has 98 valence electrons. The van der Waals surface area contributed by atoms with Gasteiger partial charge >= 0.3 is 0 Å². The molecule has 0 aliphatic heterocycles. The van der Waals surface area contributed by atoms with E-state index in [1.54, 1.807) is 32.8 Å². The number of rotatable bonds is 5. The zero-order valence-corrected chi connectivity index (χ0v) is 12.8. The first-order valence-electron chi connectivity index (χ1n) is 5.82. The Kier molecular flexibility index (Phi) is 4.69. The molecule has 0 atom stereocenters. The molecule has 4 heteroatoms. The van der Waals surface area contributed by atoms with Gasteiger partial charge in [0.15, 0.2) is 0 Å². The quantitative estimate of drug-likeness (QED) is 0.455. The van der Waals surface area contributed by atoms with Crippen LogP contribution in [0.3, 0.4) is 0 Å². The average Bonchev–Trinajstić information content (AvgIpc) is 2.81. The Morgan fingerprint density at radius 3 is 2.16 bits per heavy atom. The van der Waals surface area contributed by atoms with Crippen LogP contribution < -0.4 is 0 Å². The highest BCUT2D eigenvalue weighted by Crippen LogP contribution is 2.34. The van der Waals surface area contributed by atoms with E-state index in [0.717, 1.165) is 26.1 Å². The summed E-state index contributed by atoms with van der Waals surface area (Å²) in [5.41, 5.74) is 3.90. The van der Waals surface area contributed by atoms with Gasteiger partial charge in [-0.05, 0) is 41.7 Å². The summed E-state index contributed by atoms with van der Waals surface area (Å²) < 4.78 is 0.893. The van der Waals surface area contributed by atoms with Gasteiger partial charge in [0.05, 0.1) is 0 Å². The van der Waals surface area contributed by atoms with Gasteiger partial charge in [-0.2, -0.15) is 0 Å². The molecule has 1 aromatic carbocycles. The summed E-state index contributed by atoms with van der Waals surface area (Å²) in [5.74, 6) is 0.341. The SMILES string of the molecule is C=CCc1cc(-c2cssc2=S)cc(CC=C)c1O. The molecule has 0 radical (unpaired) electrons. The molecule has 0 aliphatic rings. The van der Waals surface area contributed by atoms with Crippen LogP contribution in [0.25, 0.3) is 11.1 Å². The van der Waals surface area contributed by atoms with Crippen molar-refractivity contribution < 1.29 is 5.11 Å². The van der Waals surface area contributed by atoms with Crippen LogP contribution in [0.4, 0.5) is 0 Å². The van der Waals surface area contributed by atoms with E-state index in [0.29, 0.717) is 18.6 Å². The molecular formula is C15H14OS3. The Balaban J connectivity index is 2.62. The van der Waals surface area contributed by atoms with E-state index in [-0.39, 0.29) is 0 Å². The number of phenols is 1. The van der Waals surface area contributed by atoms with Crippen molar-refractivity contribution in [1.82, 2.24) is 0 Å². The molecule has 0 saturated carbocycles. The molecule has 0 unspecified atom stereocenters. The second-order valence-corrected chi connectivity index (χ2v) is 6.87. The van der Waals surface area contributed by atoms with E-state index in [4.69, 9.17) is 12.2 Å². The van der Waals surface area contributed by atoms with Crippen LogP contribution in [0.5, 0.6) is 5.75 Å². The van der Waals surface area contributed by atoms with E-state index < -0.39 is 0 Å². The van der Waals surface area contributed by atoms with Gasteiger partial charge in [-0.3, -0.25) is 0 Å². The van der Waals surface area contributed by atoms with Crippen LogP contribution in [0.1, 0.15) is 11.1 Å². The fourth-order valence-electron chi connectivity index (χ4n) is 1.93. The maximum absolute atomic E-state index is 10.2. The van der Waals surface area contributed by atoms with E-state index in [1.165, 1.54) is 0 Å². The normalized spacial score (nSPS) is 10.3. The molecule has 1 aromatic heterocycles. The van der Waals surface area contributed by atoms with Gasteiger partial charge in [0, 0.05) is 10.9 Å². The summed E-state index contributed by atoms with van der Waals surface area (Å²) in [7, 11) is 3.23. The highest BCUT2D eigenvalue weighted by Gasteiger charge is 2.11. The zero-order chi connectivity index (χ0) is 13.8. The third kappa shape index (κ3) is 3.03. The van der Waals surface area contributed by atoms with Crippen molar-refractivity contribution in [2.45, 2.75) is 12.8 Å². The Hall–Kier alpha value is -1.23. The van der Waals surface area contributed by atoms with Crippen molar-refractivity contribution in [3.05, 3.63) is 57.8 Å². The van der Waals surface area contributed by atoms with Crippen molar-refractivity contribution in [2.75, 3.05) is 0 Å². The van der Waals surface area contributed by atoms with Crippen LogP contribution in [0.2, 0.25) is 0 Å². The minimum Gasteiger partial charge on any atom is -0.507 e. The largest absolute Gasteiger partial charge is 0.507 e. The number of allylic oxidation sites excluding steroid dienone is 2. The summed E-state index contributed by atoms with van der Waals surface area (Å²) in [6.07, 6.45) is 4.87. The van der Waals surface area contributed by atoms with Crippen LogP contribution >= 0.6 is 32.9 Å². The monoisotopic (exact) mass is 306 g/mol. The van der Waals surface area contributed by atoms with Gasteiger partial charge in [0.25, 0.3) is 0 Å². The molecule has 0 saturated heterocycles. The standard InChI is InChI=1S/C15H14OS3/c1-3-5-10-7-12(13-9-18-19-15(13)17)8-11(6-4-2)14(10)16/h3-4,7-9,16H,1-2,5-6H2. The Morgan fingerprint density at radius 2 is 1.74 bits per heavy atom.